The quantitative estimate of drug-likeness (QED) is 0.706. The Morgan fingerprint density at radius 2 is 1.50 bits per heavy atom. The molecule has 1 saturated carbocycles. The molecule has 2 amide bonds. The summed E-state index contributed by atoms with van der Waals surface area (Å²) < 4.78 is 63.0. The number of rotatable bonds is 2. The summed E-state index contributed by atoms with van der Waals surface area (Å²) in [6.07, 6.45) is -2.62. The average Bonchev–Trinajstić information content (AvgIpc) is 3.41. The van der Waals surface area contributed by atoms with Crippen molar-refractivity contribution in [2.24, 2.45) is 5.41 Å². The number of amides is 2. The molecule has 3 saturated heterocycles. The molecule has 4 aliphatic rings. The van der Waals surface area contributed by atoms with Crippen LogP contribution in [0.5, 0.6) is 0 Å². The monoisotopic (exact) mass is 442 g/mol. The van der Waals surface area contributed by atoms with Crippen molar-refractivity contribution in [1.29, 1.82) is 0 Å². The molecule has 9 heteroatoms. The van der Waals surface area contributed by atoms with Crippen LogP contribution in [0.1, 0.15) is 42.7 Å². The van der Waals surface area contributed by atoms with E-state index in [0.29, 0.717) is 44.6 Å². The molecule has 4 fully saturated rings. The van der Waals surface area contributed by atoms with Crippen LogP contribution in [-0.4, -0.2) is 68.1 Å². The van der Waals surface area contributed by atoms with Crippen LogP contribution in [0.2, 0.25) is 0 Å². The molecule has 5 nitrogen and oxygen atoms in total. The minimum Gasteiger partial charge on any atom is -0.323 e. The average molecular weight is 443 g/mol. The summed E-state index contributed by atoms with van der Waals surface area (Å²) in [5.74, 6) is 0.581. The second kappa shape index (κ2) is 6.37. The van der Waals surface area contributed by atoms with Gasteiger partial charge in [0.25, 0.3) is 0 Å². The zero-order valence-electron chi connectivity index (χ0n) is 16.6. The van der Waals surface area contributed by atoms with Crippen molar-refractivity contribution in [2.75, 3.05) is 37.7 Å². The molecule has 0 aromatic heterocycles. The molecule has 3 aliphatic heterocycles. The minimum atomic E-state index is -4.20. The highest BCUT2D eigenvalue weighted by atomic mass is 32.2. The second-order valence-corrected chi connectivity index (χ2v) is 11.9. The predicted octanol–water partition coefficient (Wildman–Crippen LogP) is 3.31. The van der Waals surface area contributed by atoms with E-state index >= 15 is 0 Å². The predicted molar refractivity (Wildman–Crippen MR) is 105 cm³/mol. The zero-order chi connectivity index (χ0) is 21.4. The summed E-state index contributed by atoms with van der Waals surface area (Å²) in [4.78, 5) is 16.2. The number of halogens is 3. The van der Waals surface area contributed by atoms with Crippen molar-refractivity contribution in [3.8, 4) is 0 Å². The van der Waals surface area contributed by atoms with Crippen LogP contribution in [0.25, 0.3) is 0 Å². The number of alkyl halides is 3. The van der Waals surface area contributed by atoms with Crippen LogP contribution >= 0.6 is 0 Å². The number of urea groups is 1. The highest BCUT2D eigenvalue weighted by molar-refractivity contribution is 7.91. The van der Waals surface area contributed by atoms with Gasteiger partial charge in [-0.15, -0.1) is 0 Å². The number of benzene rings is 1. The van der Waals surface area contributed by atoms with E-state index in [1.807, 2.05) is 0 Å². The first kappa shape index (κ1) is 20.2. The van der Waals surface area contributed by atoms with Gasteiger partial charge in [0.15, 0.2) is 0 Å². The van der Waals surface area contributed by atoms with Crippen molar-refractivity contribution in [3.05, 3.63) is 35.4 Å². The molecule has 0 N–H and O–H groups in total. The summed E-state index contributed by atoms with van der Waals surface area (Å²) in [6.45, 7) is 2.38. The van der Waals surface area contributed by atoms with Crippen LogP contribution < -0.4 is 0 Å². The maximum absolute atomic E-state index is 13.3. The first-order chi connectivity index (χ1) is 14.0. The summed E-state index contributed by atoms with van der Waals surface area (Å²) in [5, 5.41) is 0. The highest BCUT2D eigenvalue weighted by Gasteiger charge is 2.64. The smallest absolute Gasteiger partial charge is 0.323 e. The fourth-order valence-corrected chi connectivity index (χ4v) is 6.86. The first-order valence-corrected chi connectivity index (χ1v) is 12.3. The Morgan fingerprint density at radius 1 is 0.933 bits per heavy atom. The molecule has 0 radical (unpaired) electrons. The van der Waals surface area contributed by atoms with Gasteiger partial charge < -0.3 is 9.80 Å². The first-order valence-electron chi connectivity index (χ1n) is 10.4. The van der Waals surface area contributed by atoms with E-state index in [-0.39, 0.29) is 41.7 Å². The van der Waals surface area contributed by atoms with Gasteiger partial charge in [-0.25, -0.2) is 13.2 Å². The Balaban J connectivity index is 1.13. The molecular weight excluding hydrogens is 417 g/mol. The lowest BCUT2D eigenvalue weighted by molar-refractivity contribution is -0.160. The van der Waals surface area contributed by atoms with Crippen LogP contribution in [-0.2, 0) is 15.3 Å². The fraction of sp³-hybridized carbons (Fsp3) is 0.667. The molecule has 3 heterocycles. The van der Waals surface area contributed by atoms with Crippen LogP contribution in [0, 0.1) is 5.41 Å². The molecule has 30 heavy (non-hydrogen) atoms. The Hall–Kier alpha value is -1.77. The van der Waals surface area contributed by atoms with Gasteiger partial charge in [0.1, 0.15) is 9.84 Å². The van der Waals surface area contributed by atoms with E-state index in [0.717, 1.165) is 5.56 Å². The van der Waals surface area contributed by atoms with Crippen molar-refractivity contribution < 1.29 is 26.4 Å². The van der Waals surface area contributed by atoms with Gasteiger partial charge >= 0.3 is 12.2 Å². The summed E-state index contributed by atoms with van der Waals surface area (Å²) in [6, 6.07) is 6.72. The molecule has 1 spiro atoms. The number of hydrogen-bond acceptors (Lipinski definition) is 3. The Bertz CT molecular complexity index is 942. The number of likely N-dealkylation sites (tertiary alicyclic amines) is 2. The van der Waals surface area contributed by atoms with E-state index in [9.17, 15) is 26.4 Å². The number of hydrogen-bond donors (Lipinski definition) is 0. The second-order valence-electron chi connectivity index (χ2n) is 9.59. The van der Waals surface area contributed by atoms with Crippen molar-refractivity contribution in [2.45, 2.75) is 43.2 Å². The third kappa shape index (κ3) is 3.20. The summed E-state index contributed by atoms with van der Waals surface area (Å²) in [5.41, 5.74) is -0.373. The minimum absolute atomic E-state index is 0.0177. The van der Waals surface area contributed by atoms with Crippen molar-refractivity contribution >= 4 is 15.9 Å². The lowest BCUT2D eigenvalue weighted by Gasteiger charge is -2.54. The van der Waals surface area contributed by atoms with Gasteiger partial charge in [-0.2, -0.15) is 13.2 Å². The van der Waals surface area contributed by atoms with E-state index in [1.54, 1.807) is 34.1 Å². The summed E-state index contributed by atoms with van der Waals surface area (Å²) in [7, 11) is -2.91. The van der Waals surface area contributed by atoms with Crippen LogP contribution in [0.3, 0.4) is 0 Å². The van der Waals surface area contributed by atoms with Gasteiger partial charge in [0.05, 0.1) is 16.9 Å². The SMILES string of the molecule is O=C(N1CC(c2ccc(C3(C(F)(F)F)CC3)cc2)C1)N1CC2(CCS(=O)(=O)CC2)C1. The van der Waals surface area contributed by atoms with E-state index < -0.39 is 21.4 Å². The number of sulfone groups is 1. The van der Waals surface area contributed by atoms with Crippen LogP contribution in [0.15, 0.2) is 24.3 Å². The normalized spacial score (nSPS) is 26.8. The topological polar surface area (TPSA) is 57.7 Å². The molecular formula is C21H25F3N2O3S. The molecule has 1 aromatic carbocycles. The van der Waals surface area contributed by atoms with Gasteiger partial charge in [0.2, 0.25) is 0 Å². The third-order valence-electron chi connectivity index (χ3n) is 7.59. The molecule has 0 unspecified atom stereocenters. The van der Waals surface area contributed by atoms with E-state index in [4.69, 9.17) is 0 Å². The summed E-state index contributed by atoms with van der Waals surface area (Å²) >= 11 is 0. The number of nitrogens with zero attached hydrogens (tertiary/aromatic N) is 2. The van der Waals surface area contributed by atoms with Crippen molar-refractivity contribution in [3.63, 3.8) is 0 Å². The number of carbonyl (C=O) groups excluding carboxylic acids is 1. The molecule has 0 atom stereocenters. The maximum Gasteiger partial charge on any atom is 0.398 e. The number of carbonyl (C=O) groups is 1. The molecule has 164 valence electrons. The Morgan fingerprint density at radius 3 is 2.00 bits per heavy atom. The lowest BCUT2D eigenvalue weighted by Crippen LogP contribution is -2.65. The van der Waals surface area contributed by atoms with Crippen molar-refractivity contribution in [1.82, 2.24) is 9.80 Å². The Labute approximate surface area is 174 Å². The molecule has 0 bridgehead atoms. The third-order valence-corrected chi connectivity index (χ3v) is 9.24. The van der Waals surface area contributed by atoms with Gasteiger partial charge in [-0.05, 0) is 36.8 Å². The standard InChI is InChI=1S/C21H25F3N2O3S/c22-21(23,24)20(5-6-20)17-3-1-15(2-4-17)16-11-25(12-16)18(27)26-13-19(14-26)7-9-30(28,29)10-8-19/h1-4,16H,5-14H2. The van der Waals surface area contributed by atoms with Gasteiger partial charge in [-0.1, -0.05) is 24.3 Å². The Kier molecular flexibility index (Phi) is 4.28. The van der Waals surface area contributed by atoms with Crippen LogP contribution in [0.4, 0.5) is 18.0 Å². The largest absolute Gasteiger partial charge is 0.398 e. The van der Waals surface area contributed by atoms with E-state index in [1.165, 1.54) is 0 Å². The zero-order valence-corrected chi connectivity index (χ0v) is 17.4. The van der Waals surface area contributed by atoms with Gasteiger partial charge in [-0.3, -0.25) is 0 Å². The maximum atomic E-state index is 13.3. The lowest BCUT2D eigenvalue weighted by atomic mass is 9.75. The van der Waals surface area contributed by atoms with E-state index in [2.05, 4.69) is 0 Å². The molecule has 5 rings (SSSR count). The highest BCUT2D eigenvalue weighted by Crippen LogP contribution is 2.59. The molecule has 1 aromatic rings. The van der Waals surface area contributed by atoms with Gasteiger partial charge in [0, 0.05) is 37.5 Å². The fourth-order valence-electron chi connectivity index (χ4n) is 5.17. The molecule has 1 aliphatic carbocycles.